The lowest BCUT2D eigenvalue weighted by Crippen LogP contribution is -2.05. The third kappa shape index (κ3) is 9.26. The molecule has 0 unspecified atom stereocenters. The molecule has 104 valence electrons. The number of esters is 1. The number of allylic oxidation sites excluding steroid dienone is 2. The van der Waals surface area contributed by atoms with Crippen molar-refractivity contribution in [2.24, 2.45) is 0 Å². The van der Waals surface area contributed by atoms with E-state index in [1.54, 1.807) is 0 Å². The lowest BCUT2D eigenvalue weighted by molar-refractivity contribution is -0.143. The van der Waals surface area contributed by atoms with Crippen molar-refractivity contribution in [2.75, 3.05) is 6.61 Å². The van der Waals surface area contributed by atoms with Crippen molar-refractivity contribution >= 4 is 5.97 Å². The smallest absolute Gasteiger partial charge is 0.305 e. The van der Waals surface area contributed by atoms with Gasteiger partial charge in [-0.2, -0.15) is 0 Å². The molecule has 0 N–H and O–H groups in total. The minimum Gasteiger partial charge on any atom is -0.466 e. The van der Waals surface area contributed by atoms with Gasteiger partial charge in [-0.15, -0.1) is 0 Å². The van der Waals surface area contributed by atoms with E-state index in [1.807, 2.05) is 0 Å². The summed E-state index contributed by atoms with van der Waals surface area (Å²) in [7, 11) is 0. The molecule has 18 heavy (non-hydrogen) atoms. The van der Waals surface area contributed by atoms with Crippen LogP contribution in [-0.4, -0.2) is 12.6 Å². The van der Waals surface area contributed by atoms with Crippen molar-refractivity contribution in [2.45, 2.75) is 77.0 Å². The third-order valence-electron chi connectivity index (χ3n) is 3.45. The first kappa shape index (κ1) is 15.3. The van der Waals surface area contributed by atoms with Gasteiger partial charge in [-0.25, -0.2) is 0 Å². The summed E-state index contributed by atoms with van der Waals surface area (Å²) in [5.74, 6) is 0.000910. The van der Waals surface area contributed by atoms with E-state index in [2.05, 4.69) is 12.2 Å². The first-order chi connectivity index (χ1) is 8.89. The van der Waals surface area contributed by atoms with E-state index in [4.69, 9.17) is 4.74 Å². The van der Waals surface area contributed by atoms with Gasteiger partial charge in [-0.05, 0) is 38.5 Å². The van der Waals surface area contributed by atoms with Gasteiger partial charge in [0.1, 0.15) is 0 Å². The van der Waals surface area contributed by atoms with E-state index in [9.17, 15) is 4.79 Å². The Labute approximate surface area is 112 Å². The fraction of sp³-hybridized carbons (Fsp3) is 0.812. The maximum atomic E-state index is 11.4. The van der Waals surface area contributed by atoms with Crippen LogP contribution in [0, 0.1) is 0 Å². The highest BCUT2D eigenvalue weighted by Crippen LogP contribution is 2.10. The summed E-state index contributed by atoms with van der Waals surface area (Å²) in [6, 6.07) is 0. The van der Waals surface area contributed by atoms with E-state index in [0.29, 0.717) is 13.0 Å². The summed E-state index contributed by atoms with van der Waals surface area (Å²) in [4.78, 5) is 11.4. The van der Waals surface area contributed by atoms with Crippen molar-refractivity contribution in [3.8, 4) is 0 Å². The zero-order chi connectivity index (χ0) is 12.9. The molecule has 0 fully saturated rings. The van der Waals surface area contributed by atoms with Crippen molar-refractivity contribution in [1.82, 2.24) is 0 Å². The molecular formula is C16H28O2. The van der Waals surface area contributed by atoms with Crippen LogP contribution in [0.2, 0.25) is 0 Å². The monoisotopic (exact) mass is 252 g/mol. The summed E-state index contributed by atoms with van der Waals surface area (Å²) in [6.07, 6.45) is 18.4. The molecule has 0 aromatic heterocycles. The number of carbonyl (C=O) groups excluding carboxylic acids is 1. The zero-order valence-electron chi connectivity index (χ0n) is 11.7. The van der Waals surface area contributed by atoms with Gasteiger partial charge in [0.05, 0.1) is 6.61 Å². The Bertz CT molecular complexity index is 211. The Kier molecular flexibility index (Phi) is 9.59. The number of hydrogen-bond acceptors (Lipinski definition) is 2. The average Bonchev–Trinajstić information content (AvgIpc) is 2.37. The summed E-state index contributed by atoms with van der Waals surface area (Å²) < 4.78 is 5.21. The molecule has 1 heterocycles. The van der Waals surface area contributed by atoms with Crippen LogP contribution in [-0.2, 0) is 9.53 Å². The van der Waals surface area contributed by atoms with E-state index >= 15 is 0 Å². The van der Waals surface area contributed by atoms with Gasteiger partial charge in [0.25, 0.3) is 0 Å². The summed E-state index contributed by atoms with van der Waals surface area (Å²) in [5, 5.41) is 0. The molecule has 1 aliphatic rings. The highest BCUT2D eigenvalue weighted by atomic mass is 16.5. The van der Waals surface area contributed by atoms with Crippen LogP contribution < -0.4 is 0 Å². The quantitative estimate of drug-likeness (QED) is 0.458. The third-order valence-corrected chi connectivity index (χ3v) is 3.45. The topological polar surface area (TPSA) is 26.3 Å². The lowest BCUT2D eigenvalue weighted by Gasteiger charge is -2.04. The van der Waals surface area contributed by atoms with Crippen LogP contribution in [0.5, 0.6) is 0 Å². The SMILES string of the molecule is O=C1CCCCCCC/C=C/CCCCCCO1. The van der Waals surface area contributed by atoms with Crippen molar-refractivity contribution in [1.29, 1.82) is 0 Å². The highest BCUT2D eigenvalue weighted by molar-refractivity contribution is 5.69. The normalized spacial score (nSPS) is 23.9. The Morgan fingerprint density at radius 2 is 1.28 bits per heavy atom. The Morgan fingerprint density at radius 3 is 2.00 bits per heavy atom. The first-order valence-electron chi connectivity index (χ1n) is 7.70. The molecule has 0 amide bonds. The Balaban J connectivity index is 2.17. The van der Waals surface area contributed by atoms with Crippen molar-refractivity contribution in [3.63, 3.8) is 0 Å². The molecular weight excluding hydrogens is 224 g/mol. The molecule has 0 spiro atoms. The van der Waals surface area contributed by atoms with Crippen LogP contribution in [0.3, 0.4) is 0 Å². The number of rotatable bonds is 0. The lowest BCUT2D eigenvalue weighted by atomic mass is 10.1. The predicted octanol–water partition coefficient (Wildman–Crippen LogP) is 4.78. The van der Waals surface area contributed by atoms with E-state index in [-0.39, 0.29) is 5.97 Å². The molecule has 0 aromatic carbocycles. The average molecular weight is 252 g/mol. The van der Waals surface area contributed by atoms with Crippen LogP contribution >= 0.6 is 0 Å². The minimum absolute atomic E-state index is 0.000910. The molecule has 1 rings (SSSR count). The second kappa shape index (κ2) is 11.3. The summed E-state index contributed by atoms with van der Waals surface area (Å²) in [5.41, 5.74) is 0. The largest absolute Gasteiger partial charge is 0.466 e. The number of cyclic esters (lactones) is 1. The maximum absolute atomic E-state index is 11.4. The Hall–Kier alpha value is -0.790. The molecule has 2 nitrogen and oxygen atoms in total. The summed E-state index contributed by atoms with van der Waals surface area (Å²) >= 11 is 0. The van der Waals surface area contributed by atoms with Crippen LogP contribution in [0.4, 0.5) is 0 Å². The van der Waals surface area contributed by atoms with Gasteiger partial charge < -0.3 is 4.74 Å². The molecule has 0 atom stereocenters. The van der Waals surface area contributed by atoms with Crippen molar-refractivity contribution in [3.05, 3.63) is 12.2 Å². The van der Waals surface area contributed by atoms with Crippen LogP contribution in [0.1, 0.15) is 77.0 Å². The molecule has 0 aromatic rings. The van der Waals surface area contributed by atoms with Crippen molar-refractivity contribution < 1.29 is 9.53 Å². The second-order valence-electron chi connectivity index (χ2n) is 5.20. The Morgan fingerprint density at radius 1 is 0.722 bits per heavy atom. The fourth-order valence-electron chi connectivity index (χ4n) is 2.27. The van der Waals surface area contributed by atoms with Gasteiger partial charge in [-0.1, -0.05) is 44.3 Å². The number of ether oxygens (including phenoxy) is 1. The van der Waals surface area contributed by atoms with Gasteiger partial charge in [0.2, 0.25) is 0 Å². The zero-order valence-corrected chi connectivity index (χ0v) is 11.7. The minimum atomic E-state index is 0.000910. The number of hydrogen-bond donors (Lipinski definition) is 0. The highest BCUT2D eigenvalue weighted by Gasteiger charge is 2.02. The molecule has 0 bridgehead atoms. The molecule has 2 heteroatoms. The molecule has 0 radical (unpaired) electrons. The van der Waals surface area contributed by atoms with Gasteiger partial charge in [0.15, 0.2) is 0 Å². The molecule has 1 aliphatic heterocycles. The van der Waals surface area contributed by atoms with Crippen LogP contribution in [0.25, 0.3) is 0 Å². The van der Waals surface area contributed by atoms with Gasteiger partial charge >= 0.3 is 5.97 Å². The maximum Gasteiger partial charge on any atom is 0.305 e. The molecule has 0 saturated heterocycles. The summed E-state index contributed by atoms with van der Waals surface area (Å²) in [6.45, 7) is 0.620. The van der Waals surface area contributed by atoms with Gasteiger partial charge in [-0.3, -0.25) is 4.79 Å². The second-order valence-corrected chi connectivity index (χ2v) is 5.20. The van der Waals surface area contributed by atoms with Crippen LogP contribution in [0.15, 0.2) is 12.2 Å². The van der Waals surface area contributed by atoms with E-state index in [1.165, 1.54) is 57.8 Å². The van der Waals surface area contributed by atoms with E-state index in [0.717, 1.165) is 12.8 Å². The standard InChI is InChI=1S/C16H28O2/c17-16-14-12-10-8-6-4-2-1-3-5-7-9-11-13-15-18-16/h1,3H,2,4-15H2/b3-1+. The number of carbonyl (C=O) groups is 1. The molecule has 0 saturated carbocycles. The molecule has 0 aliphatic carbocycles. The van der Waals surface area contributed by atoms with Gasteiger partial charge in [0, 0.05) is 6.42 Å². The fourth-order valence-corrected chi connectivity index (χ4v) is 2.27. The first-order valence-corrected chi connectivity index (χ1v) is 7.70. The van der Waals surface area contributed by atoms with E-state index < -0.39 is 0 Å². The predicted molar refractivity (Wildman–Crippen MR) is 75.5 cm³/mol.